The molecular formula is C16H25FN2O. The number of hydrogen-bond donors (Lipinski definition) is 1. The molecule has 2 N–H and O–H groups in total. The van der Waals surface area contributed by atoms with E-state index < -0.39 is 5.82 Å². The van der Waals surface area contributed by atoms with Gasteiger partial charge in [0.2, 0.25) is 0 Å². The first kappa shape index (κ1) is 14.9. The smallest absolute Gasteiger partial charge is 0.167 e. The van der Waals surface area contributed by atoms with Crippen molar-refractivity contribution in [3.63, 3.8) is 0 Å². The summed E-state index contributed by atoms with van der Waals surface area (Å²) in [5, 5.41) is 0. The molecule has 4 heteroatoms. The van der Waals surface area contributed by atoms with Gasteiger partial charge in [-0.25, -0.2) is 4.39 Å². The maximum atomic E-state index is 13.7. The number of nitrogens with two attached hydrogens (primary N) is 1. The Morgan fingerprint density at radius 1 is 1.35 bits per heavy atom. The van der Waals surface area contributed by atoms with Crippen molar-refractivity contribution >= 4 is 11.4 Å². The topological polar surface area (TPSA) is 38.5 Å². The SMILES string of the molecule is COc1cc(N(CC(C)C)C2CCCC2)c(N)cc1F. The van der Waals surface area contributed by atoms with Crippen molar-refractivity contribution in [2.75, 3.05) is 24.3 Å². The van der Waals surface area contributed by atoms with Crippen molar-refractivity contribution in [1.82, 2.24) is 0 Å². The molecule has 2 rings (SSSR count). The number of halogens is 1. The van der Waals surface area contributed by atoms with E-state index in [1.165, 1.54) is 38.9 Å². The summed E-state index contributed by atoms with van der Waals surface area (Å²) in [5.74, 6) is 0.400. The molecule has 1 saturated carbocycles. The summed E-state index contributed by atoms with van der Waals surface area (Å²) in [7, 11) is 1.49. The molecule has 0 radical (unpaired) electrons. The van der Waals surface area contributed by atoms with Gasteiger partial charge in [-0.1, -0.05) is 26.7 Å². The van der Waals surface area contributed by atoms with E-state index in [9.17, 15) is 4.39 Å². The van der Waals surface area contributed by atoms with Gasteiger partial charge in [0, 0.05) is 24.7 Å². The van der Waals surface area contributed by atoms with Crippen LogP contribution in [0, 0.1) is 11.7 Å². The quantitative estimate of drug-likeness (QED) is 0.833. The summed E-state index contributed by atoms with van der Waals surface area (Å²) >= 11 is 0. The van der Waals surface area contributed by atoms with Gasteiger partial charge in [0.15, 0.2) is 11.6 Å². The molecule has 0 aromatic heterocycles. The maximum absolute atomic E-state index is 13.7. The Morgan fingerprint density at radius 2 is 2.00 bits per heavy atom. The highest BCUT2D eigenvalue weighted by Gasteiger charge is 2.25. The number of hydrogen-bond acceptors (Lipinski definition) is 3. The molecule has 1 aromatic carbocycles. The molecule has 1 fully saturated rings. The monoisotopic (exact) mass is 280 g/mol. The van der Waals surface area contributed by atoms with Crippen molar-refractivity contribution in [3.05, 3.63) is 17.9 Å². The van der Waals surface area contributed by atoms with Crippen molar-refractivity contribution in [1.29, 1.82) is 0 Å². The van der Waals surface area contributed by atoms with Gasteiger partial charge in [0.1, 0.15) is 0 Å². The highest BCUT2D eigenvalue weighted by molar-refractivity contribution is 5.70. The zero-order valence-electron chi connectivity index (χ0n) is 12.7. The Morgan fingerprint density at radius 3 is 2.55 bits per heavy atom. The fraction of sp³-hybridized carbons (Fsp3) is 0.625. The summed E-state index contributed by atoms with van der Waals surface area (Å²) in [6.45, 7) is 5.32. The van der Waals surface area contributed by atoms with Crippen LogP contribution >= 0.6 is 0 Å². The molecule has 0 aliphatic heterocycles. The molecule has 0 heterocycles. The summed E-state index contributed by atoms with van der Waals surface area (Å²) < 4.78 is 18.8. The van der Waals surface area contributed by atoms with Crippen molar-refractivity contribution in [2.45, 2.75) is 45.6 Å². The number of benzene rings is 1. The van der Waals surface area contributed by atoms with Crippen LogP contribution < -0.4 is 15.4 Å². The molecule has 1 aromatic rings. The summed E-state index contributed by atoms with van der Waals surface area (Å²) in [6.07, 6.45) is 4.90. The average molecular weight is 280 g/mol. The summed E-state index contributed by atoms with van der Waals surface area (Å²) in [5.41, 5.74) is 7.45. The zero-order chi connectivity index (χ0) is 14.7. The van der Waals surface area contributed by atoms with E-state index in [4.69, 9.17) is 10.5 Å². The standard InChI is InChI=1S/C16H25FN2O/c1-11(2)10-19(12-6-4-5-7-12)15-9-16(20-3)13(17)8-14(15)18/h8-9,11-12H,4-7,10,18H2,1-3H3. The zero-order valence-corrected chi connectivity index (χ0v) is 12.7. The van der Waals surface area contributed by atoms with Gasteiger partial charge >= 0.3 is 0 Å². The highest BCUT2D eigenvalue weighted by Crippen LogP contribution is 2.36. The lowest BCUT2D eigenvalue weighted by Crippen LogP contribution is -2.36. The molecule has 0 bridgehead atoms. The predicted molar refractivity (Wildman–Crippen MR) is 81.8 cm³/mol. The molecule has 3 nitrogen and oxygen atoms in total. The van der Waals surface area contributed by atoms with Crippen LogP contribution in [-0.4, -0.2) is 19.7 Å². The van der Waals surface area contributed by atoms with E-state index >= 15 is 0 Å². The van der Waals surface area contributed by atoms with Gasteiger partial charge in [-0.05, 0) is 18.8 Å². The van der Waals surface area contributed by atoms with Crippen LogP contribution in [-0.2, 0) is 0 Å². The van der Waals surface area contributed by atoms with Gasteiger partial charge in [0.25, 0.3) is 0 Å². The first-order chi connectivity index (χ1) is 9.52. The van der Waals surface area contributed by atoms with Gasteiger partial charge in [-0.3, -0.25) is 0 Å². The molecule has 0 spiro atoms. The van der Waals surface area contributed by atoms with E-state index in [1.54, 1.807) is 6.07 Å². The number of rotatable bonds is 5. The highest BCUT2D eigenvalue weighted by atomic mass is 19.1. The molecule has 0 saturated heterocycles. The Balaban J connectivity index is 2.36. The van der Waals surface area contributed by atoms with Crippen molar-refractivity contribution in [2.24, 2.45) is 5.92 Å². The lowest BCUT2D eigenvalue weighted by atomic mass is 10.1. The number of nitrogens with zero attached hydrogens (tertiary/aromatic N) is 1. The van der Waals surface area contributed by atoms with Crippen molar-refractivity contribution in [3.8, 4) is 5.75 Å². The Kier molecular flexibility index (Phi) is 4.73. The third-order valence-corrected chi connectivity index (χ3v) is 3.94. The second-order valence-electron chi connectivity index (χ2n) is 6.03. The maximum Gasteiger partial charge on any atom is 0.167 e. The van der Waals surface area contributed by atoms with Gasteiger partial charge in [0.05, 0.1) is 18.5 Å². The molecule has 0 atom stereocenters. The van der Waals surface area contributed by atoms with Gasteiger partial charge in [-0.2, -0.15) is 0 Å². The molecule has 20 heavy (non-hydrogen) atoms. The van der Waals surface area contributed by atoms with E-state index in [1.807, 2.05) is 0 Å². The predicted octanol–water partition coefficient (Wildman–Crippen LogP) is 3.82. The van der Waals surface area contributed by atoms with Crippen LogP contribution in [0.5, 0.6) is 5.75 Å². The average Bonchev–Trinajstić information content (AvgIpc) is 2.90. The minimum Gasteiger partial charge on any atom is -0.494 e. The van der Waals surface area contributed by atoms with E-state index in [2.05, 4.69) is 18.7 Å². The first-order valence-corrected chi connectivity index (χ1v) is 7.42. The van der Waals surface area contributed by atoms with Gasteiger partial charge in [-0.15, -0.1) is 0 Å². The lowest BCUT2D eigenvalue weighted by Gasteiger charge is -2.34. The second kappa shape index (κ2) is 6.33. The van der Waals surface area contributed by atoms with Crippen LogP contribution in [0.15, 0.2) is 12.1 Å². The summed E-state index contributed by atoms with van der Waals surface area (Å²) in [6, 6.07) is 3.62. The van der Waals surface area contributed by atoms with Crippen LogP contribution in [0.2, 0.25) is 0 Å². The van der Waals surface area contributed by atoms with Crippen LogP contribution in [0.1, 0.15) is 39.5 Å². The summed E-state index contributed by atoms with van der Waals surface area (Å²) in [4.78, 5) is 2.34. The number of nitrogen functional groups attached to an aromatic ring is 1. The fourth-order valence-corrected chi connectivity index (χ4v) is 3.02. The molecule has 1 aliphatic carbocycles. The largest absolute Gasteiger partial charge is 0.494 e. The number of ether oxygens (including phenoxy) is 1. The third kappa shape index (κ3) is 3.17. The Labute approximate surface area is 120 Å². The van der Waals surface area contributed by atoms with Gasteiger partial charge < -0.3 is 15.4 Å². The number of methoxy groups -OCH3 is 1. The second-order valence-corrected chi connectivity index (χ2v) is 6.03. The molecule has 1 aliphatic rings. The van der Waals surface area contributed by atoms with Crippen LogP contribution in [0.4, 0.5) is 15.8 Å². The van der Waals surface area contributed by atoms with E-state index in [0.717, 1.165) is 12.2 Å². The van der Waals surface area contributed by atoms with Crippen LogP contribution in [0.25, 0.3) is 0 Å². The number of anilines is 2. The Hall–Kier alpha value is -1.45. The fourth-order valence-electron chi connectivity index (χ4n) is 3.02. The van der Waals surface area contributed by atoms with Crippen molar-refractivity contribution < 1.29 is 9.13 Å². The molecular weight excluding hydrogens is 255 g/mol. The normalized spacial score (nSPS) is 15.8. The Bertz CT molecular complexity index is 456. The van der Waals surface area contributed by atoms with E-state index in [0.29, 0.717) is 17.6 Å². The minimum atomic E-state index is -0.398. The third-order valence-electron chi connectivity index (χ3n) is 3.94. The van der Waals surface area contributed by atoms with E-state index in [-0.39, 0.29) is 5.75 Å². The lowest BCUT2D eigenvalue weighted by molar-refractivity contribution is 0.386. The molecule has 0 amide bonds. The molecule has 112 valence electrons. The molecule has 0 unspecified atom stereocenters. The van der Waals surface area contributed by atoms with Crippen LogP contribution in [0.3, 0.4) is 0 Å². The first-order valence-electron chi connectivity index (χ1n) is 7.42. The minimum absolute atomic E-state index is 0.265.